The molecule has 0 aliphatic rings. The summed E-state index contributed by atoms with van der Waals surface area (Å²) in [7, 11) is 1.57. The van der Waals surface area contributed by atoms with Gasteiger partial charge in [-0.3, -0.25) is 4.99 Å². The third-order valence-corrected chi connectivity index (χ3v) is 4.28. The normalized spacial score (nSPS) is 10.4. The van der Waals surface area contributed by atoms with Gasteiger partial charge in [-0.2, -0.15) is 0 Å². The van der Waals surface area contributed by atoms with Crippen molar-refractivity contribution in [3.63, 3.8) is 0 Å². The number of nitrogens with two attached hydrogens (primary N) is 1. The Morgan fingerprint density at radius 2 is 2.17 bits per heavy atom. The number of rotatable bonds is 6. The highest BCUT2D eigenvalue weighted by molar-refractivity contribution is 7.98. The molecule has 1 aromatic carbocycles. The first kappa shape index (κ1) is 17.9. The van der Waals surface area contributed by atoms with Crippen LogP contribution in [0.15, 0.2) is 40.4 Å². The zero-order valence-corrected chi connectivity index (χ0v) is 13.5. The standard InChI is InChI=1S/C15H16N6OS.CH4/c1-17-14-10(8-16)7-13(22-2)18-15(14)23-9-21-12-6-4-3-5-11(12)19-20-21;/h3-7H,1,8-9,16H2,2H3;1H4. The molecule has 0 saturated heterocycles. The van der Waals surface area contributed by atoms with Gasteiger partial charge in [0.05, 0.1) is 24.2 Å². The molecule has 7 nitrogen and oxygen atoms in total. The third kappa shape index (κ3) is 3.39. The molecule has 0 saturated carbocycles. The van der Waals surface area contributed by atoms with Gasteiger partial charge in [0.2, 0.25) is 5.88 Å². The van der Waals surface area contributed by atoms with Crippen LogP contribution >= 0.6 is 11.8 Å². The van der Waals surface area contributed by atoms with Crippen LogP contribution in [-0.2, 0) is 12.4 Å². The molecule has 0 amide bonds. The fourth-order valence-corrected chi connectivity index (χ4v) is 3.13. The minimum absolute atomic E-state index is 0. The van der Waals surface area contributed by atoms with E-state index in [1.54, 1.807) is 13.2 Å². The second kappa shape index (κ2) is 7.89. The number of ether oxygens (including phenoxy) is 1. The molecular weight excluding hydrogens is 324 g/mol. The molecule has 8 heteroatoms. The first-order valence-electron chi connectivity index (χ1n) is 6.92. The van der Waals surface area contributed by atoms with Crippen molar-refractivity contribution in [3.8, 4) is 5.88 Å². The van der Waals surface area contributed by atoms with Crippen LogP contribution in [0, 0.1) is 0 Å². The maximum Gasteiger partial charge on any atom is 0.214 e. The molecule has 0 aliphatic carbocycles. The third-order valence-electron chi connectivity index (χ3n) is 3.35. The second-order valence-electron chi connectivity index (χ2n) is 4.69. The van der Waals surface area contributed by atoms with E-state index in [1.165, 1.54) is 11.8 Å². The van der Waals surface area contributed by atoms with Gasteiger partial charge in [-0.1, -0.05) is 36.5 Å². The lowest BCUT2D eigenvalue weighted by atomic mass is 10.2. The van der Waals surface area contributed by atoms with Gasteiger partial charge in [-0.05, 0) is 24.4 Å². The van der Waals surface area contributed by atoms with Crippen LogP contribution in [-0.4, -0.2) is 33.8 Å². The molecule has 3 rings (SSSR count). The summed E-state index contributed by atoms with van der Waals surface area (Å²) >= 11 is 1.48. The molecule has 2 aromatic heterocycles. The average molecular weight is 344 g/mol. The lowest BCUT2D eigenvalue weighted by Gasteiger charge is -2.11. The number of para-hydroxylation sites is 1. The van der Waals surface area contributed by atoms with Crippen LogP contribution in [0.25, 0.3) is 11.0 Å². The van der Waals surface area contributed by atoms with Crippen LogP contribution in [0.3, 0.4) is 0 Å². The monoisotopic (exact) mass is 344 g/mol. The molecule has 0 spiro atoms. The Balaban J connectivity index is 0.00000208. The van der Waals surface area contributed by atoms with Gasteiger partial charge < -0.3 is 10.5 Å². The van der Waals surface area contributed by atoms with E-state index in [4.69, 9.17) is 10.5 Å². The van der Waals surface area contributed by atoms with E-state index in [1.807, 2.05) is 28.9 Å². The van der Waals surface area contributed by atoms with Crippen LogP contribution in [0.2, 0.25) is 0 Å². The van der Waals surface area contributed by atoms with Crippen molar-refractivity contribution in [1.82, 2.24) is 20.0 Å². The molecule has 0 aliphatic heterocycles. The molecule has 2 heterocycles. The quantitative estimate of drug-likeness (QED) is 0.546. The SMILES string of the molecule is C.C=Nc1c(CN)cc(OC)nc1SCn1nnc2ccccc21. The molecular formula is C16H20N6OS. The van der Waals surface area contributed by atoms with E-state index < -0.39 is 0 Å². The van der Waals surface area contributed by atoms with Crippen LogP contribution in [0.4, 0.5) is 5.69 Å². The van der Waals surface area contributed by atoms with Crippen molar-refractivity contribution in [2.75, 3.05) is 7.11 Å². The molecule has 0 unspecified atom stereocenters. The molecule has 0 bridgehead atoms. The van der Waals surface area contributed by atoms with Crippen LogP contribution in [0.5, 0.6) is 5.88 Å². The molecule has 0 fully saturated rings. The Morgan fingerprint density at radius 3 is 2.88 bits per heavy atom. The van der Waals surface area contributed by atoms with Gasteiger partial charge in [-0.25, -0.2) is 9.67 Å². The molecule has 126 valence electrons. The van der Waals surface area contributed by atoms with Crippen molar-refractivity contribution >= 4 is 35.2 Å². The summed E-state index contributed by atoms with van der Waals surface area (Å²) in [6, 6.07) is 9.58. The van der Waals surface area contributed by atoms with Crippen LogP contribution < -0.4 is 10.5 Å². The van der Waals surface area contributed by atoms with Crippen molar-refractivity contribution in [2.24, 2.45) is 10.7 Å². The molecule has 24 heavy (non-hydrogen) atoms. The van der Waals surface area contributed by atoms with E-state index in [-0.39, 0.29) is 7.43 Å². The van der Waals surface area contributed by atoms with Crippen molar-refractivity contribution in [2.45, 2.75) is 24.9 Å². The zero-order valence-electron chi connectivity index (χ0n) is 12.6. The van der Waals surface area contributed by atoms with Gasteiger partial charge in [0, 0.05) is 12.6 Å². The van der Waals surface area contributed by atoms with E-state index in [2.05, 4.69) is 27.0 Å². The lowest BCUT2D eigenvalue weighted by Crippen LogP contribution is -2.02. The highest BCUT2D eigenvalue weighted by atomic mass is 32.2. The number of thioether (sulfide) groups is 1. The van der Waals surface area contributed by atoms with Crippen molar-refractivity contribution < 1.29 is 4.74 Å². The minimum atomic E-state index is 0. The molecule has 3 aromatic rings. The smallest absolute Gasteiger partial charge is 0.214 e. The summed E-state index contributed by atoms with van der Waals surface area (Å²) in [5, 5.41) is 9.01. The molecule has 0 atom stereocenters. The second-order valence-corrected chi connectivity index (χ2v) is 5.62. The number of benzene rings is 1. The first-order valence-corrected chi connectivity index (χ1v) is 7.91. The average Bonchev–Trinajstić information content (AvgIpc) is 3.02. The summed E-state index contributed by atoms with van der Waals surface area (Å²) in [4.78, 5) is 8.50. The number of methoxy groups -OCH3 is 1. The van der Waals surface area contributed by atoms with Crippen molar-refractivity contribution in [1.29, 1.82) is 0 Å². The maximum absolute atomic E-state index is 5.78. The number of aromatic nitrogens is 4. The summed E-state index contributed by atoms with van der Waals surface area (Å²) in [5.74, 6) is 1.05. The predicted molar refractivity (Wildman–Crippen MR) is 98.0 cm³/mol. The highest BCUT2D eigenvalue weighted by Gasteiger charge is 2.13. The largest absolute Gasteiger partial charge is 0.481 e. The summed E-state index contributed by atoms with van der Waals surface area (Å²) in [6.45, 7) is 3.96. The highest BCUT2D eigenvalue weighted by Crippen LogP contribution is 2.34. The molecule has 2 N–H and O–H groups in total. The lowest BCUT2D eigenvalue weighted by molar-refractivity contribution is 0.394. The fraction of sp³-hybridized carbons (Fsp3) is 0.250. The number of fused-ring (bicyclic) bond motifs is 1. The van der Waals surface area contributed by atoms with Gasteiger partial charge in [-0.15, -0.1) is 5.10 Å². The molecule has 0 radical (unpaired) electrons. The Morgan fingerprint density at radius 1 is 1.38 bits per heavy atom. The number of hydrogen-bond acceptors (Lipinski definition) is 7. The van der Waals surface area contributed by atoms with Gasteiger partial charge >= 0.3 is 0 Å². The Kier molecular flexibility index (Phi) is 5.88. The maximum atomic E-state index is 5.78. The topological polar surface area (TPSA) is 91.2 Å². The number of aliphatic imine (C=N–C) groups is 1. The summed E-state index contributed by atoms with van der Waals surface area (Å²) in [6.07, 6.45) is 0. The van der Waals surface area contributed by atoms with Gasteiger partial charge in [0.15, 0.2) is 0 Å². The minimum Gasteiger partial charge on any atom is -0.481 e. The Hall–Kier alpha value is -2.45. The zero-order chi connectivity index (χ0) is 16.2. The van der Waals surface area contributed by atoms with E-state index in [9.17, 15) is 0 Å². The number of pyridine rings is 1. The number of hydrogen-bond donors (Lipinski definition) is 1. The van der Waals surface area contributed by atoms with E-state index in [0.717, 1.165) is 16.6 Å². The Labute approximate surface area is 144 Å². The fourth-order valence-electron chi connectivity index (χ4n) is 2.21. The van der Waals surface area contributed by atoms with Gasteiger partial charge in [0.1, 0.15) is 10.5 Å². The Bertz CT molecular complexity index is 848. The first-order chi connectivity index (χ1) is 11.3. The van der Waals surface area contributed by atoms with Crippen molar-refractivity contribution in [3.05, 3.63) is 35.9 Å². The van der Waals surface area contributed by atoms with Gasteiger partial charge in [0.25, 0.3) is 0 Å². The van der Waals surface area contributed by atoms with E-state index >= 15 is 0 Å². The number of nitrogens with zero attached hydrogens (tertiary/aromatic N) is 5. The predicted octanol–water partition coefficient (Wildman–Crippen LogP) is 3.01. The van der Waals surface area contributed by atoms with E-state index in [0.29, 0.717) is 29.0 Å². The summed E-state index contributed by atoms with van der Waals surface area (Å²) in [5.41, 5.74) is 9.13. The van der Waals surface area contributed by atoms with Crippen LogP contribution in [0.1, 0.15) is 13.0 Å². The summed E-state index contributed by atoms with van der Waals surface area (Å²) < 4.78 is 7.04.